The van der Waals surface area contributed by atoms with Crippen molar-refractivity contribution in [3.05, 3.63) is 39.9 Å². The van der Waals surface area contributed by atoms with Crippen LogP contribution in [-0.4, -0.2) is 53.3 Å². The first-order chi connectivity index (χ1) is 13.1. The molecule has 2 aromatic rings. The summed E-state index contributed by atoms with van der Waals surface area (Å²) in [7, 11) is -3.47. The second-order valence-electron chi connectivity index (χ2n) is 7.26. The van der Waals surface area contributed by atoms with Crippen LogP contribution in [0.15, 0.2) is 17.2 Å². The SMILES string of the molecule is CCn1nc(C)c(C(=O)N2CCCC(c3ncc(Cl)cc3S(C)(=O)=O)C2)c1C. The number of halogens is 1. The van der Waals surface area contributed by atoms with Gasteiger partial charge in [0.2, 0.25) is 0 Å². The molecule has 3 heterocycles. The highest BCUT2D eigenvalue weighted by Crippen LogP contribution is 2.32. The Morgan fingerprint density at radius 1 is 1.36 bits per heavy atom. The van der Waals surface area contributed by atoms with Crippen molar-refractivity contribution in [1.82, 2.24) is 19.7 Å². The van der Waals surface area contributed by atoms with E-state index in [9.17, 15) is 13.2 Å². The van der Waals surface area contributed by atoms with Gasteiger partial charge in [0.05, 0.1) is 26.9 Å². The maximum Gasteiger partial charge on any atom is 0.257 e. The normalized spacial score (nSPS) is 17.8. The van der Waals surface area contributed by atoms with Crippen LogP contribution in [-0.2, 0) is 16.4 Å². The van der Waals surface area contributed by atoms with Gasteiger partial charge >= 0.3 is 0 Å². The van der Waals surface area contributed by atoms with Gasteiger partial charge in [-0.1, -0.05) is 11.6 Å². The molecule has 1 aliphatic rings. The second kappa shape index (κ2) is 7.83. The van der Waals surface area contributed by atoms with E-state index in [1.54, 1.807) is 4.90 Å². The number of rotatable bonds is 4. The first-order valence-electron chi connectivity index (χ1n) is 9.32. The van der Waals surface area contributed by atoms with E-state index in [2.05, 4.69) is 10.1 Å². The van der Waals surface area contributed by atoms with Gasteiger partial charge < -0.3 is 4.90 Å². The summed E-state index contributed by atoms with van der Waals surface area (Å²) in [5.41, 5.74) is 2.69. The number of amides is 1. The Morgan fingerprint density at radius 3 is 2.68 bits per heavy atom. The number of hydrogen-bond acceptors (Lipinski definition) is 5. The Hall–Kier alpha value is -1.93. The van der Waals surface area contributed by atoms with Crippen LogP contribution in [0.4, 0.5) is 0 Å². The summed E-state index contributed by atoms with van der Waals surface area (Å²) in [6.45, 7) is 7.50. The Kier molecular flexibility index (Phi) is 5.82. The molecule has 1 fully saturated rings. The van der Waals surface area contributed by atoms with E-state index in [4.69, 9.17) is 11.6 Å². The van der Waals surface area contributed by atoms with Crippen LogP contribution in [0, 0.1) is 13.8 Å². The van der Waals surface area contributed by atoms with E-state index in [1.165, 1.54) is 12.3 Å². The molecule has 0 spiro atoms. The fraction of sp³-hybridized carbons (Fsp3) is 0.526. The first-order valence-corrected chi connectivity index (χ1v) is 11.6. The van der Waals surface area contributed by atoms with Crippen LogP contribution in [0.5, 0.6) is 0 Å². The van der Waals surface area contributed by atoms with Crippen molar-refractivity contribution in [2.75, 3.05) is 19.3 Å². The summed E-state index contributed by atoms with van der Waals surface area (Å²) in [6, 6.07) is 1.44. The molecule has 1 amide bonds. The standard InChI is InChI=1S/C19H25ClN4O3S/c1-5-24-13(3)17(12(2)22-24)19(25)23-8-6-7-14(11-23)18-16(28(4,26)27)9-15(20)10-21-18/h9-10,14H,5-8,11H2,1-4H3. The zero-order valence-electron chi connectivity index (χ0n) is 16.6. The fourth-order valence-corrected chi connectivity index (χ4v) is 5.05. The number of pyridine rings is 1. The van der Waals surface area contributed by atoms with Crippen molar-refractivity contribution in [3.63, 3.8) is 0 Å². The van der Waals surface area contributed by atoms with Gasteiger partial charge in [-0.05, 0) is 39.7 Å². The van der Waals surface area contributed by atoms with E-state index in [0.717, 1.165) is 24.8 Å². The maximum atomic E-state index is 13.2. The quantitative estimate of drug-likeness (QED) is 0.753. The Balaban J connectivity index is 1.92. The summed E-state index contributed by atoms with van der Waals surface area (Å²) < 4.78 is 26.3. The number of carbonyl (C=O) groups excluding carboxylic acids is 1. The summed E-state index contributed by atoms with van der Waals surface area (Å²) in [5, 5.41) is 4.72. The zero-order chi connectivity index (χ0) is 20.6. The third-order valence-electron chi connectivity index (χ3n) is 5.24. The van der Waals surface area contributed by atoms with Gasteiger partial charge in [0, 0.05) is 43.7 Å². The third kappa shape index (κ3) is 3.93. The number of piperidine rings is 1. The van der Waals surface area contributed by atoms with Crippen LogP contribution < -0.4 is 0 Å². The molecule has 0 bridgehead atoms. The van der Waals surface area contributed by atoms with E-state index in [1.807, 2.05) is 25.5 Å². The average molecular weight is 425 g/mol. The van der Waals surface area contributed by atoms with Gasteiger partial charge in [0.25, 0.3) is 5.91 Å². The molecule has 9 heteroatoms. The molecule has 28 heavy (non-hydrogen) atoms. The molecule has 1 unspecified atom stereocenters. The Morgan fingerprint density at radius 2 is 2.07 bits per heavy atom. The second-order valence-corrected chi connectivity index (χ2v) is 9.68. The summed E-state index contributed by atoms with van der Waals surface area (Å²) in [4.78, 5) is 19.4. The topological polar surface area (TPSA) is 85.2 Å². The van der Waals surface area contributed by atoms with Gasteiger partial charge in [0.1, 0.15) is 0 Å². The lowest BCUT2D eigenvalue weighted by Gasteiger charge is -2.33. The predicted octanol–water partition coefficient (Wildman–Crippen LogP) is 2.99. The fourth-order valence-electron chi connectivity index (χ4n) is 3.89. The van der Waals surface area contributed by atoms with Crippen LogP contribution in [0.1, 0.15) is 53.1 Å². The van der Waals surface area contributed by atoms with E-state index in [0.29, 0.717) is 36.6 Å². The third-order valence-corrected chi connectivity index (χ3v) is 6.57. The van der Waals surface area contributed by atoms with Crippen molar-refractivity contribution in [1.29, 1.82) is 0 Å². The molecule has 0 aliphatic carbocycles. The molecule has 0 aromatic carbocycles. The van der Waals surface area contributed by atoms with Crippen LogP contribution >= 0.6 is 11.6 Å². The molecule has 1 aliphatic heterocycles. The van der Waals surface area contributed by atoms with Crippen LogP contribution in [0.25, 0.3) is 0 Å². The minimum Gasteiger partial charge on any atom is -0.338 e. The number of nitrogens with zero attached hydrogens (tertiary/aromatic N) is 4. The average Bonchev–Trinajstić information content (AvgIpc) is 2.94. The Bertz CT molecular complexity index is 1020. The zero-order valence-corrected chi connectivity index (χ0v) is 18.1. The number of likely N-dealkylation sites (tertiary alicyclic amines) is 1. The molecule has 0 N–H and O–H groups in total. The number of hydrogen-bond donors (Lipinski definition) is 0. The van der Waals surface area contributed by atoms with E-state index in [-0.39, 0.29) is 21.7 Å². The lowest BCUT2D eigenvalue weighted by Crippen LogP contribution is -2.40. The highest BCUT2D eigenvalue weighted by atomic mass is 35.5. The van der Waals surface area contributed by atoms with Crippen molar-refractivity contribution in [3.8, 4) is 0 Å². The maximum absolute atomic E-state index is 13.2. The molecular weight excluding hydrogens is 400 g/mol. The number of aromatic nitrogens is 3. The molecule has 1 atom stereocenters. The monoisotopic (exact) mass is 424 g/mol. The van der Waals surface area contributed by atoms with Crippen molar-refractivity contribution in [2.24, 2.45) is 0 Å². The molecule has 0 radical (unpaired) electrons. The van der Waals surface area contributed by atoms with E-state index >= 15 is 0 Å². The van der Waals surface area contributed by atoms with Gasteiger partial charge in [-0.3, -0.25) is 14.5 Å². The summed E-state index contributed by atoms with van der Waals surface area (Å²) in [6.07, 6.45) is 4.17. The number of carbonyl (C=O) groups is 1. The highest BCUT2D eigenvalue weighted by Gasteiger charge is 2.31. The van der Waals surface area contributed by atoms with Gasteiger partial charge in [-0.2, -0.15) is 5.10 Å². The minimum absolute atomic E-state index is 0.0609. The lowest BCUT2D eigenvalue weighted by molar-refractivity contribution is 0.0703. The molecule has 152 valence electrons. The molecule has 2 aromatic heterocycles. The molecule has 7 nitrogen and oxygen atoms in total. The van der Waals surface area contributed by atoms with E-state index < -0.39 is 9.84 Å². The van der Waals surface area contributed by atoms with Crippen LogP contribution in [0.3, 0.4) is 0 Å². The van der Waals surface area contributed by atoms with Gasteiger partial charge in [0.15, 0.2) is 9.84 Å². The number of aryl methyl sites for hydroxylation is 2. The molecule has 3 rings (SSSR count). The minimum atomic E-state index is -3.47. The summed E-state index contributed by atoms with van der Waals surface area (Å²) >= 11 is 5.97. The first kappa shape index (κ1) is 20.8. The van der Waals surface area contributed by atoms with Crippen molar-refractivity contribution >= 4 is 27.3 Å². The smallest absolute Gasteiger partial charge is 0.257 e. The summed E-state index contributed by atoms with van der Waals surface area (Å²) in [5.74, 6) is -0.212. The number of sulfone groups is 1. The predicted molar refractivity (Wildman–Crippen MR) is 108 cm³/mol. The van der Waals surface area contributed by atoms with Crippen molar-refractivity contribution in [2.45, 2.75) is 51.0 Å². The molecule has 0 saturated carbocycles. The highest BCUT2D eigenvalue weighted by molar-refractivity contribution is 7.90. The lowest BCUT2D eigenvalue weighted by atomic mass is 9.93. The molecule has 1 saturated heterocycles. The van der Waals surface area contributed by atoms with Gasteiger partial charge in [-0.15, -0.1) is 0 Å². The van der Waals surface area contributed by atoms with Crippen LogP contribution in [0.2, 0.25) is 5.02 Å². The Labute approximate surface area is 170 Å². The van der Waals surface area contributed by atoms with Gasteiger partial charge in [-0.25, -0.2) is 8.42 Å². The largest absolute Gasteiger partial charge is 0.338 e. The van der Waals surface area contributed by atoms with Crippen molar-refractivity contribution < 1.29 is 13.2 Å². The molecular formula is C19H25ClN4O3S.